The molecular formula is C16H32N2. The molecule has 1 saturated carbocycles. The van der Waals surface area contributed by atoms with Gasteiger partial charge in [0.25, 0.3) is 0 Å². The highest BCUT2D eigenvalue weighted by molar-refractivity contribution is 4.88. The molecule has 0 saturated heterocycles. The van der Waals surface area contributed by atoms with Crippen LogP contribution in [0.4, 0.5) is 0 Å². The third-order valence-corrected chi connectivity index (χ3v) is 4.56. The first-order valence-electron chi connectivity index (χ1n) is 7.50. The van der Waals surface area contributed by atoms with Crippen molar-refractivity contribution in [3.63, 3.8) is 0 Å². The maximum Gasteiger partial charge on any atom is 0.0165 e. The van der Waals surface area contributed by atoms with Gasteiger partial charge in [0, 0.05) is 12.1 Å². The van der Waals surface area contributed by atoms with E-state index in [9.17, 15) is 0 Å². The summed E-state index contributed by atoms with van der Waals surface area (Å²) < 4.78 is 0. The Morgan fingerprint density at radius 3 is 2.28 bits per heavy atom. The Morgan fingerprint density at radius 2 is 1.83 bits per heavy atom. The topological polar surface area (TPSA) is 29.3 Å². The maximum absolute atomic E-state index is 6.07. The average Bonchev–Trinajstić information content (AvgIpc) is 2.34. The number of rotatable bonds is 6. The van der Waals surface area contributed by atoms with Crippen LogP contribution in [0.5, 0.6) is 0 Å². The van der Waals surface area contributed by atoms with Gasteiger partial charge in [-0.3, -0.25) is 4.90 Å². The molecule has 0 aromatic heterocycles. The van der Waals surface area contributed by atoms with Gasteiger partial charge in [-0.25, -0.2) is 0 Å². The van der Waals surface area contributed by atoms with E-state index in [-0.39, 0.29) is 5.54 Å². The molecule has 1 aliphatic carbocycles. The standard InChI is InChI=1S/C16H32N2/c1-5-12-18(15(2,3)4)13-11-16(14-17)9-7-6-8-10-16/h5H,1,6-14,17H2,2-4H3. The molecule has 2 heteroatoms. The fourth-order valence-electron chi connectivity index (χ4n) is 3.09. The molecule has 1 fully saturated rings. The van der Waals surface area contributed by atoms with Crippen molar-refractivity contribution in [1.29, 1.82) is 0 Å². The first-order valence-corrected chi connectivity index (χ1v) is 7.50. The molecule has 0 atom stereocenters. The highest BCUT2D eigenvalue weighted by Gasteiger charge is 2.32. The van der Waals surface area contributed by atoms with Gasteiger partial charge >= 0.3 is 0 Å². The molecule has 106 valence electrons. The molecule has 0 aromatic rings. The van der Waals surface area contributed by atoms with Crippen molar-refractivity contribution in [2.75, 3.05) is 19.6 Å². The second-order valence-corrected chi connectivity index (χ2v) is 6.92. The summed E-state index contributed by atoms with van der Waals surface area (Å²) in [7, 11) is 0. The van der Waals surface area contributed by atoms with Crippen molar-refractivity contribution >= 4 is 0 Å². The van der Waals surface area contributed by atoms with E-state index in [4.69, 9.17) is 5.73 Å². The van der Waals surface area contributed by atoms with Gasteiger partial charge in [-0.15, -0.1) is 6.58 Å². The van der Waals surface area contributed by atoms with E-state index in [1.165, 1.54) is 38.5 Å². The van der Waals surface area contributed by atoms with Crippen LogP contribution in [0.15, 0.2) is 12.7 Å². The molecule has 0 spiro atoms. The number of nitrogens with zero attached hydrogens (tertiary/aromatic N) is 1. The highest BCUT2D eigenvalue weighted by atomic mass is 15.2. The van der Waals surface area contributed by atoms with E-state index in [1.807, 2.05) is 6.08 Å². The van der Waals surface area contributed by atoms with Crippen LogP contribution in [0.2, 0.25) is 0 Å². The smallest absolute Gasteiger partial charge is 0.0165 e. The first kappa shape index (κ1) is 15.7. The van der Waals surface area contributed by atoms with Crippen molar-refractivity contribution in [2.45, 2.75) is 64.8 Å². The second-order valence-electron chi connectivity index (χ2n) is 6.92. The van der Waals surface area contributed by atoms with Crippen LogP contribution < -0.4 is 5.73 Å². The average molecular weight is 252 g/mol. The third kappa shape index (κ3) is 4.40. The molecule has 0 radical (unpaired) electrons. The Labute approximate surface area is 114 Å². The first-order chi connectivity index (χ1) is 8.43. The van der Waals surface area contributed by atoms with Gasteiger partial charge < -0.3 is 5.73 Å². The van der Waals surface area contributed by atoms with Gasteiger partial charge in [0.05, 0.1) is 0 Å². The normalized spacial score (nSPS) is 20.1. The molecular weight excluding hydrogens is 220 g/mol. The van der Waals surface area contributed by atoms with Crippen LogP contribution in [0.3, 0.4) is 0 Å². The lowest BCUT2D eigenvalue weighted by Gasteiger charge is -2.41. The zero-order chi connectivity index (χ0) is 13.6. The van der Waals surface area contributed by atoms with E-state index >= 15 is 0 Å². The van der Waals surface area contributed by atoms with Gasteiger partial charge in [0.2, 0.25) is 0 Å². The van der Waals surface area contributed by atoms with Crippen LogP contribution in [-0.2, 0) is 0 Å². The van der Waals surface area contributed by atoms with Crippen LogP contribution in [-0.4, -0.2) is 30.1 Å². The lowest BCUT2D eigenvalue weighted by atomic mass is 9.71. The molecule has 18 heavy (non-hydrogen) atoms. The van der Waals surface area contributed by atoms with Gasteiger partial charge in [0.15, 0.2) is 0 Å². The van der Waals surface area contributed by atoms with Crippen LogP contribution in [0, 0.1) is 5.41 Å². The summed E-state index contributed by atoms with van der Waals surface area (Å²) in [6.45, 7) is 13.7. The lowest BCUT2D eigenvalue weighted by molar-refractivity contribution is 0.103. The predicted octanol–water partition coefficient (Wildman–Crippen LogP) is 3.57. The minimum absolute atomic E-state index is 0.221. The Balaban J connectivity index is 2.56. The molecule has 0 unspecified atom stereocenters. The zero-order valence-electron chi connectivity index (χ0n) is 12.7. The van der Waals surface area contributed by atoms with Crippen LogP contribution in [0.25, 0.3) is 0 Å². The molecule has 1 rings (SSSR count). The lowest BCUT2D eigenvalue weighted by Crippen LogP contribution is -2.45. The quantitative estimate of drug-likeness (QED) is 0.732. The van der Waals surface area contributed by atoms with Gasteiger partial charge in [-0.05, 0) is 58.5 Å². The Hall–Kier alpha value is -0.340. The minimum Gasteiger partial charge on any atom is -0.330 e. The van der Waals surface area contributed by atoms with Crippen molar-refractivity contribution in [3.05, 3.63) is 12.7 Å². The van der Waals surface area contributed by atoms with E-state index in [0.29, 0.717) is 5.41 Å². The number of hydrogen-bond donors (Lipinski definition) is 1. The Morgan fingerprint density at radius 1 is 1.22 bits per heavy atom. The number of hydrogen-bond acceptors (Lipinski definition) is 2. The van der Waals surface area contributed by atoms with E-state index < -0.39 is 0 Å². The second kappa shape index (κ2) is 6.72. The third-order valence-electron chi connectivity index (χ3n) is 4.56. The number of nitrogens with two attached hydrogens (primary N) is 1. The van der Waals surface area contributed by atoms with Crippen LogP contribution >= 0.6 is 0 Å². The summed E-state index contributed by atoms with van der Waals surface area (Å²) in [6.07, 6.45) is 10.1. The van der Waals surface area contributed by atoms with E-state index in [0.717, 1.165) is 19.6 Å². The summed E-state index contributed by atoms with van der Waals surface area (Å²) in [5.41, 5.74) is 6.71. The van der Waals surface area contributed by atoms with Crippen LogP contribution in [0.1, 0.15) is 59.3 Å². The molecule has 0 amide bonds. The predicted molar refractivity (Wildman–Crippen MR) is 80.7 cm³/mol. The molecule has 0 bridgehead atoms. The summed E-state index contributed by atoms with van der Waals surface area (Å²) in [5, 5.41) is 0. The van der Waals surface area contributed by atoms with Crippen molar-refractivity contribution < 1.29 is 0 Å². The molecule has 0 aromatic carbocycles. The summed E-state index contributed by atoms with van der Waals surface area (Å²) >= 11 is 0. The maximum atomic E-state index is 6.07. The van der Waals surface area contributed by atoms with Crippen molar-refractivity contribution in [1.82, 2.24) is 4.90 Å². The monoisotopic (exact) mass is 252 g/mol. The molecule has 0 heterocycles. The zero-order valence-corrected chi connectivity index (χ0v) is 12.7. The fraction of sp³-hybridized carbons (Fsp3) is 0.875. The highest BCUT2D eigenvalue weighted by Crippen LogP contribution is 2.38. The fourth-order valence-corrected chi connectivity index (χ4v) is 3.09. The Kier molecular flexibility index (Phi) is 5.87. The molecule has 0 aliphatic heterocycles. The molecule has 2 nitrogen and oxygen atoms in total. The SMILES string of the molecule is C=CCN(CCC1(CN)CCCCC1)C(C)(C)C. The summed E-state index contributed by atoms with van der Waals surface area (Å²) in [5.74, 6) is 0. The van der Waals surface area contributed by atoms with Gasteiger partial charge in [-0.2, -0.15) is 0 Å². The van der Waals surface area contributed by atoms with Crippen molar-refractivity contribution in [2.24, 2.45) is 11.1 Å². The van der Waals surface area contributed by atoms with E-state index in [2.05, 4.69) is 32.3 Å². The molecule has 1 aliphatic rings. The van der Waals surface area contributed by atoms with Gasteiger partial charge in [0.1, 0.15) is 0 Å². The van der Waals surface area contributed by atoms with E-state index in [1.54, 1.807) is 0 Å². The summed E-state index contributed by atoms with van der Waals surface area (Å²) in [6, 6.07) is 0. The molecule has 2 N–H and O–H groups in total. The van der Waals surface area contributed by atoms with Gasteiger partial charge in [-0.1, -0.05) is 25.3 Å². The Bertz CT molecular complexity index is 246. The summed E-state index contributed by atoms with van der Waals surface area (Å²) in [4.78, 5) is 2.52. The largest absolute Gasteiger partial charge is 0.330 e. The minimum atomic E-state index is 0.221. The van der Waals surface area contributed by atoms with Crippen molar-refractivity contribution in [3.8, 4) is 0 Å².